The Hall–Kier alpha value is -4.94. The van der Waals surface area contributed by atoms with Crippen molar-refractivity contribution in [3.8, 4) is 22.3 Å². The molecule has 0 radical (unpaired) electrons. The molecule has 0 aromatic heterocycles. The lowest BCUT2D eigenvalue weighted by molar-refractivity contribution is 1.66. The van der Waals surface area contributed by atoms with Gasteiger partial charge in [0.1, 0.15) is 0 Å². The van der Waals surface area contributed by atoms with Crippen LogP contribution in [0.2, 0.25) is 0 Å². The molecule has 8 aromatic rings. The van der Waals surface area contributed by atoms with Gasteiger partial charge in [-0.25, -0.2) is 0 Å². The minimum Gasteiger partial charge on any atom is -0.0622 e. The van der Waals surface area contributed by atoms with Gasteiger partial charge in [-0.3, -0.25) is 0 Å². The summed E-state index contributed by atoms with van der Waals surface area (Å²) in [7, 11) is 0. The Kier molecular flexibility index (Phi) is 4.62. The van der Waals surface area contributed by atoms with E-state index in [-0.39, 0.29) is 0 Å². The molecule has 0 saturated heterocycles. The molecule has 0 amide bonds. The van der Waals surface area contributed by atoms with E-state index in [0.717, 1.165) is 0 Å². The fourth-order valence-electron chi connectivity index (χ4n) is 6.42. The Morgan fingerprint density at radius 1 is 0.211 bits per heavy atom. The molecule has 0 fully saturated rings. The summed E-state index contributed by atoms with van der Waals surface area (Å²) >= 11 is 0. The summed E-state index contributed by atoms with van der Waals surface area (Å²) in [5.74, 6) is 0. The zero-order valence-corrected chi connectivity index (χ0v) is 20.9. The molecule has 0 aliphatic carbocycles. The molecule has 0 aliphatic rings. The predicted molar refractivity (Wildman–Crippen MR) is 165 cm³/mol. The molecule has 0 N–H and O–H groups in total. The predicted octanol–water partition coefficient (Wildman–Crippen LogP) is 10.8. The number of fused-ring (bicyclic) bond motifs is 8. The molecule has 0 unspecified atom stereocenters. The number of hydrogen-bond donors (Lipinski definition) is 0. The van der Waals surface area contributed by atoms with Gasteiger partial charge < -0.3 is 0 Å². The zero-order chi connectivity index (χ0) is 25.1. The smallest absolute Gasteiger partial charge is 0.00261 e. The maximum atomic E-state index is 2.42. The third-order valence-corrected chi connectivity index (χ3v) is 8.03. The highest BCUT2D eigenvalue weighted by Gasteiger charge is 2.17. The Bertz CT molecular complexity index is 2080. The van der Waals surface area contributed by atoms with E-state index < -0.39 is 0 Å². The second-order valence-corrected chi connectivity index (χ2v) is 10.1. The van der Waals surface area contributed by atoms with Crippen molar-refractivity contribution < 1.29 is 0 Å². The molecule has 0 nitrogen and oxygen atoms in total. The SMILES string of the molecule is c1ccc(-c2c3ccccc3c(-c3ccc4c5ccccc5c5ccccc5c4c3)c3ccccc23)cc1. The molecule has 0 bridgehead atoms. The largest absolute Gasteiger partial charge is 0.0622 e. The molecule has 0 atom stereocenters. The van der Waals surface area contributed by atoms with Crippen molar-refractivity contribution in [2.75, 3.05) is 0 Å². The minimum atomic E-state index is 1.25. The summed E-state index contributed by atoms with van der Waals surface area (Å²) < 4.78 is 0. The van der Waals surface area contributed by atoms with Crippen molar-refractivity contribution >= 4 is 53.9 Å². The van der Waals surface area contributed by atoms with Crippen LogP contribution >= 0.6 is 0 Å². The molecular weight excluding hydrogens is 456 g/mol. The first-order valence-corrected chi connectivity index (χ1v) is 13.2. The van der Waals surface area contributed by atoms with Gasteiger partial charge in [0.2, 0.25) is 0 Å². The molecule has 0 saturated carbocycles. The Balaban J connectivity index is 1.53. The van der Waals surface area contributed by atoms with Gasteiger partial charge in [0.25, 0.3) is 0 Å². The van der Waals surface area contributed by atoms with Gasteiger partial charge in [-0.05, 0) is 82.2 Å². The Morgan fingerprint density at radius 2 is 0.553 bits per heavy atom. The third kappa shape index (κ3) is 3.04. The van der Waals surface area contributed by atoms with Crippen LogP contribution in [0.15, 0.2) is 146 Å². The van der Waals surface area contributed by atoms with Crippen LogP contribution in [0.3, 0.4) is 0 Å². The first kappa shape index (κ1) is 21.2. The van der Waals surface area contributed by atoms with Crippen molar-refractivity contribution in [2.45, 2.75) is 0 Å². The zero-order valence-electron chi connectivity index (χ0n) is 20.9. The van der Waals surface area contributed by atoms with Gasteiger partial charge in [-0.1, -0.05) is 140 Å². The summed E-state index contributed by atoms with van der Waals surface area (Å²) in [6.07, 6.45) is 0. The standard InChI is InChI=1S/C38H24/c1-2-12-25(13-3-1)37-32-18-8-10-20-34(32)38(35-21-11-9-19-33(35)37)26-22-23-31-29-16-5-4-14-27(29)28-15-6-7-17-30(28)36(31)24-26/h1-24H. The van der Waals surface area contributed by atoms with Crippen LogP contribution in [0.4, 0.5) is 0 Å². The highest BCUT2D eigenvalue weighted by atomic mass is 14.2. The highest BCUT2D eigenvalue weighted by molar-refractivity contribution is 6.27. The molecule has 0 heteroatoms. The van der Waals surface area contributed by atoms with Crippen LogP contribution in [0.25, 0.3) is 76.1 Å². The van der Waals surface area contributed by atoms with Crippen LogP contribution in [0.5, 0.6) is 0 Å². The van der Waals surface area contributed by atoms with Crippen molar-refractivity contribution in [3.05, 3.63) is 146 Å². The Labute approximate surface area is 221 Å². The lowest BCUT2D eigenvalue weighted by atomic mass is 9.85. The summed E-state index contributed by atoms with van der Waals surface area (Å²) in [5, 5.41) is 13.0. The second kappa shape index (κ2) is 8.30. The van der Waals surface area contributed by atoms with Crippen LogP contribution < -0.4 is 0 Å². The van der Waals surface area contributed by atoms with E-state index in [1.807, 2.05) is 0 Å². The van der Waals surface area contributed by atoms with Crippen molar-refractivity contribution in [3.63, 3.8) is 0 Å². The van der Waals surface area contributed by atoms with E-state index in [4.69, 9.17) is 0 Å². The fourth-order valence-corrected chi connectivity index (χ4v) is 6.42. The van der Waals surface area contributed by atoms with Gasteiger partial charge in [0.15, 0.2) is 0 Å². The lowest BCUT2D eigenvalue weighted by Crippen LogP contribution is -1.91. The first-order valence-electron chi connectivity index (χ1n) is 13.2. The average molecular weight is 481 g/mol. The van der Waals surface area contributed by atoms with E-state index in [0.29, 0.717) is 0 Å². The van der Waals surface area contributed by atoms with E-state index >= 15 is 0 Å². The molecule has 8 aromatic carbocycles. The molecular formula is C38H24. The lowest BCUT2D eigenvalue weighted by Gasteiger charge is -2.18. The van der Waals surface area contributed by atoms with Gasteiger partial charge in [-0.15, -0.1) is 0 Å². The fraction of sp³-hybridized carbons (Fsp3) is 0. The average Bonchev–Trinajstić information content (AvgIpc) is 3.00. The van der Waals surface area contributed by atoms with Gasteiger partial charge in [0.05, 0.1) is 0 Å². The van der Waals surface area contributed by atoms with Crippen LogP contribution in [-0.4, -0.2) is 0 Å². The van der Waals surface area contributed by atoms with Crippen molar-refractivity contribution in [1.82, 2.24) is 0 Å². The topological polar surface area (TPSA) is 0 Å². The number of hydrogen-bond acceptors (Lipinski definition) is 0. The maximum Gasteiger partial charge on any atom is -0.00261 e. The third-order valence-electron chi connectivity index (χ3n) is 8.03. The van der Waals surface area contributed by atoms with E-state index in [9.17, 15) is 0 Å². The van der Waals surface area contributed by atoms with E-state index in [1.54, 1.807) is 0 Å². The molecule has 38 heavy (non-hydrogen) atoms. The normalized spacial score (nSPS) is 11.7. The van der Waals surface area contributed by atoms with Gasteiger partial charge in [0, 0.05) is 0 Å². The summed E-state index contributed by atoms with van der Waals surface area (Å²) in [6.45, 7) is 0. The van der Waals surface area contributed by atoms with Crippen molar-refractivity contribution in [1.29, 1.82) is 0 Å². The molecule has 8 rings (SSSR count). The molecule has 0 aliphatic heterocycles. The minimum absolute atomic E-state index is 1.25. The summed E-state index contributed by atoms with van der Waals surface area (Å²) in [5.41, 5.74) is 5.11. The van der Waals surface area contributed by atoms with Gasteiger partial charge >= 0.3 is 0 Å². The second-order valence-electron chi connectivity index (χ2n) is 10.1. The van der Waals surface area contributed by atoms with E-state index in [1.165, 1.54) is 76.1 Å². The van der Waals surface area contributed by atoms with Crippen molar-refractivity contribution in [2.24, 2.45) is 0 Å². The summed E-state index contributed by atoms with van der Waals surface area (Å²) in [4.78, 5) is 0. The molecule has 176 valence electrons. The molecule has 0 heterocycles. The number of rotatable bonds is 2. The first-order chi connectivity index (χ1) is 18.9. The molecule has 0 spiro atoms. The maximum absolute atomic E-state index is 2.42. The van der Waals surface area contributed by atoms with Crippen LogP contribution in [0, 0.1) is 0 Å². The monoisotopic (exact) mass is 480 g/mol. The Morgan fingerprint density at radius 3 is 1.03 bits per heavy atom. The quantitative estimate of drug-likeness (QED) is 0.170. The van der Waals surface area contributed by atoms with E-state index in [2.05, 4.69) is 146 Å². The van der Waals surface area contributed by atoms with Crippen LogP contribution in [0.1, 0.15) is 0 Å². The number of benzene rings is 8. The summed E-state index contributed by atoms with van der Waals surface area (Å²) in [6, 6.07) is 53.2. The highest BCUT2D eigenvalue weighted by Crippen LogP contribution is 2.45. The van der Waals surface area contributed by atoms with Crippen LogP contribution in [-0.2, 0) is 0 Å². The van der Waals surface area contributed by atoms with Gasteiger partial charge in [-0.2, -0.15) is 0 Å².